The van der Waals surface area contributed by atoms with Crippen molar-refractivity contribution in [2.75, 3.05) is 0 Å². The van der Waals surface area contributed by atoms with Gasteiger partial charge in [-0.05, 0) is 134 Å². The molecule has 320 valence electrons. The van der Waals surface area contributed by atoms with Crippen LogP contribution in [-0.4, -0.2) is 24.9 Å². The average Bonchev–Trinajstić information content (AvgIpc) is 3.37. The highest BCUT2D eigenvalue weighted by Crippen LogP contribution is 2.22. The maximum atomic E-state index is 4.29. The number of hydrogen-bond donors (Lipinski definition) is 0. The van der Waals surface area contributed by atoms with Crippen LogP contribution < -0.4 is 0 Å². The number of nitrogens with zero attached hydrogens (tertiary/aromatic N) is 5. The summed E-state index contributed by atoms with van der Waals surface area (Å²) >= 11 is 0. The van der Waals surface area contributed by atoms with Crippen molar-refractivity contribution in [2.45, 2.75) is 34.6 Å². The lowest BCUT2D eigenvalue weighted by molar-refractivity contribution is 1.32. The van der Waals surface area contributed by atoms with Gasteiger partial charge in [0, 0.05) is 61.3 Å². The summed E-state index contributed by atoms with van der Waals surface area (Å²) in [4.78, 5) is 20.4. The van der Waals surface area contributed by atoms with Gasteiger partial charge < -0.3 is 0 Å². The SMILES string of the molecule is Cc1ccc(-c2cccnc2)cc1.Cc1ccc(-c2ccncc2)cc1.Cc1cccc(-c2ccccn2)c1.Cc1cccc(-c2cccnc2)c1.Cc1cccc(-c2ccncc2)c1. The van der Waals surface area contributed by atoms with Crippen LogP contribution in [0.4, 0.5) is 0 Å². The molecule has 0 saturated carbocycles. The van der Waals surface area contributed by atoms with E-state index in [4.69, 9.17) is 0 Å². The number of hydrogen-bond acceptors (Lipinski definition) is 5. The quantitative estimate of drug-likeness (QED) is 0.173. The van der Waals surface area contributed by atoms with Crippen molar-refractivity contribution in [3.05, 3.63) is 272 Å². The highest BCUT2D eigenvalue weighted by Gasteiger charge is 1.99. The van der Waals surface area contributed by atoms with Gasteiger partial charge in [0.25, 0.3) is 0 Å². The maximum Gasteiger partial charge on any atom is 0.0702 e. The monoisotopic (exact) mass is 845 g/mol. The Morgan fingerprint density at radius 2 is 0.615 bits per heavy atom. The van der Waals surface area contributed by atoms with E-state index in [1.807, 2.05) is 98.0 Å². The van der Waals surface area contributed by atoms with Crippen molar-refractivity contribution in [1.82, 2.24) is 24.9 Å². The molecule has 0 aliphatic heterocycles. The molecule has 0 unspecified atom stereocenters. The first-order valence-corrected chi connectivity index (χ1v) is 21.7. The minimum atomic E-state index is 1.03. The van der Waals surface area contributed by atoms with Crippen LogP contribution in [-0.2, 0) is 0 Å². The fourth-order valence-corrected chi connectivity index (χ4v) is 6.63. The summed E-state index contributed by atoms with van der Waals surface area (Å²) in [6, 6.07) is 64.3. The highest BCUT2D eigenvalue weighted by atomic mass is 14.7. The molecular weight excluding hydrogens is 791 g/mol. The fourth-order valence-electron chi connectivity index (χ4n) is 6.63. The van der Waals surface area contributed by atoms with Gasteiger partial charge in [0.1, 0.15) is 0 Å². The second-order valence-electron chi connectivity index (χ2n) is 15.5. The number of aryl methyl sites for hydroxylation is 5. The third-order valence-electron chi connectivity index (χ3n) is 10.1. The third-order valence-corrected chi connectivity index (χ3v) is 10.1. The van der Waals surface area contributed by atoms with Gasteiger partial charge in [-0.1, -0.05) is 161 Å². The summed E-state index contributed by atoms with van der Waals surface area (Å²) in [6.07, 6.45) is 16.4. The predicted molar refractivity (Wildman–Crippen MR) is 272 cm³/mol. The number of benzene rings is 5. The summed E-state index contributed by atoms with van der Waals surface area (Å²) < 4.78 is 0. The van der Waals surface area contributed by atoms with Crippen LogP contribution in [0.2, 0.25) is 0 Å². The molecule has 0 saturated heterocycles. The van der Waals surface area contributed by atoms with Gasteiger partial charge in [0.05, 0.1) is 5.69 Å². The molecule has 0 N–H and O–H groups in total. The second kappa shape index (κ2) is 25.1. The van der Waals surface area contributed by atoms with E-state index < -0.39 is 0 Å². The Balaban J connectivity index is 0.000000135. The van der Waals surface area contributed by atoms with Gasteiger partial charge in [-0.3, -0.25) is 24.9 Å². The van der Waals surface area contributed by atoms with Crippen LogP contribution in [0.15, 0.2) is 244 Å². The molecule has 0 bridgehead atoms. The lowest BCUT2D eigenvalue weighted by Crippen LogP contribution is -1.81. The number of aromatic nitrogens is 5. The van der Waals surface area contributed by atoms with Crippen molar-refractivity contribution in [2.24, 2.45) is 0 Å². The predicted octanol–water partition coefficient (Wildman–Crippen LogP) is 15.3. The number of pyridine rings is 5. The Morgan fingerprint density at radius 3 is 1.05 bits per heavy atom. The highest BCUT2D eigenvalue weighted by molar-refractivity contribution is 5.65. The molecule has 10 aromatic rings. The van der Waals surface area contributed by atoms with Crippen molar-refractivity contribution in [1.29, 1.82) is 0 Å². The first-order valence-electron chi connectivity index (χ1n) is 21.7. The Bertz CT molecular complexity index is 2600. The molecule has 5 heterocycles. The fraction of sp³-hybridized carbons (Fsp3) is 0.0833. The van der Waals surface area contributed by atoms with Gasteiger partial charge in [0.15, 0.2) is 0 Å². The van der Waals surface area contributed by atoms with Crippen LogP contribution in [0.3, 0.4) is 0 Å². The second-order valence-corrected chi connectivity index (χ2v) is 15.5. The van der Waals surface area contributed by atoms with E-state index in [0.717, 1.165) is 5.69 Å². The van der Waals surface area contributed by atoms with Crippen molar-refractivity contribution in [3.63, 3.8) is 0 Å². The smallest absolute Gasteiger partial charge is 0.0702 e. The summed E-state index contributed by atoms with van der Waals surface area (Å²) in [7, 11) is 0. The number of rotatable bonds is 5. The van der Waals surface area contributed by atoms with Crippen LogP contribution in [0.25, 0.3) is 55.8 Å². The minimum absolute atomic E-state index is 1.03. The summed E-state index contributed by atoms with van der Waals surface area (Å²) in [5.74, 6) is 0. The summed E-state index contributed by atoms with van der Waals surface area (Å²) in [5.41, 5.74) is 18.3. The first-order chi connectivity index (χ1) is 31.8. The molecule has 0 aliphatic rings. The van der Waals surface area contributed by atoms with E-state index in [0.29, 0.717) is 0 Å². The molecular formula is C60H55N5. The molecule has 5 nitrogen and oxygen atoms in total. The molecule has 5 heteroatoms. The molecule has 0 amide bonds. The molecule has 5 aromatic carbocycles. The Morgan fingerprint density at radius 1 is 0.231 bits per heavy atom. The van der Waals surface area contributed by atoms with E-state index in [1.165, 1.54) is 77.9 Å². The zero-order valence-corrected chi connectivity index (χ0v) is 37.8. The lowest BCUT2D eigenvalue weighted by atomic mass is 10.1. The van der Waals surface area contributed by atoms with Gasteiger partial charge >= 0.3 is 0 Å². The van der Waals surface area contributed by atoms with E-state index in [2.05, 4.69) is 193 Å². The topological polar surface area (TPSA) is 64.5 Å². The van der Waals surface area contributed by atoms with Gasteiger partial charge in [-0.2, -0.15) is 0 Å². The van der Waals surface area contributed by atoms with Crippen molar-refractivity contribution in [3.8, 4) is 55.8 Å². The van der Waals surface area contributed by atoms with Crippen molar-refractivity contribution < 1.29 is 0 Å². The molecule has 10 rings (SSSR count). The third kappa shape index (κ3) is 15.6. The summed E-state index contributed by atoms with van der Waals surface area (Å²) in [5, 5.41) is 0. The molecule has 0 fully saturated rings. The molecule has 0 spiro atoms. The van der Waals surface area contributed by atoms with E-state index in [-0.39, 0.29) is 0 Å². The Kier molecular flexibility index (Phi) is 17.9. The van der Waals surface area contributed by atoms with Gasteiger partial charge in [-0.15, -0.1) is 0 Å². The van der Waals surface area contributed by atoms with Gasteiger partial charge in [0.2, 0.25) is 0 Å². The zero-order chi connectivity index (χ0) is 45.5. The van der Waals surface area contributed by atoms with Crippen molar-refractivity contribution >= 4 is 0 Å². The average molecular weight is 846 g/mol. The van der Waals surface area contributed by atoms with E-state index in [9.17, 15) is 0 Å². The van der Waals surface area contributed by atoms with Gasteiger partial charge in [-0.25, -0.2) is 0 Å². The minimum Gasteiger partial charge on any atom is -0.265 e. The zero-order valence-electron chi connectivity index (χ0n) is 37.8. The summed E-state index contributed by atoms with van der Waals surface area (Å²) in [6.45, 7) is 10.5. The maximum absolute atomic E-state index is 4.29. The molecule has 65 heavy (non-hydrogen) atoms. The normalized spacial score (nSPS) is 9.92. The molecule has 5 aromatic heterocycles. The Hall–Kier alpha value is -8.15. The van der Waals surface area contributed by atoms with Crippen LogP contribution in [0.1, 0.15) is 27.8 Å². The first kappa shape index (κ1) is 46.4. The van der Waals surface area contributed by atoms with E-state index >= 15 is 0 Å². The standard InChI is InChI=1S/5C12H11N/c1-10-2-4-11(5-3-10)12-6-8-13-9-7-12;1-10-4-2-5-11(8-10)12-6-3-7-13-9-12;1-10-4-6-11(7-5-10)12-3-2-8-13-9-12;1-10-5-4-6-11(9-10)12-7-2-3-8-13-12;1-10-3-2-4-12(9-10)11-5-7-13-8-6-11/h5*2-9H,1H3. The van der Waals surface area contributed by atoms with E-state index in [1.54, 1.807) is 12.4 Å². The van der Waals surface area contributed by atoms with Crippen LogP contribution in [0.5, 0.6) is 0 Å². The lowest BCUT2D eigenvalue weighted by Gasteiger charge is -2.01. The largest absolute Gasteiger partial charge is 0.265 e. The Labute approximate surface area is 385 Å². The van der Waals surface area contributed by atoms with Crippen LogP contribution in [0, 0.1) is 34.6 Å². The van der Waals surface area contributed by atoms with Crippen LogP contribution >= 0.6 is 0 Å². The molecule has 0 atom stereocenters. The molecule has 0 aliphatic carbocycles. The molecule has 0 radical (unpaired) electrons.